The van der Waals surface area contributed by atoms with Crippen LogP contribution in [-0.2, 0) is 9.53 Å². The van der Waals surface area contributed by atoms with E-state index in [9.17, 15) is 19.7 Å². The van der Waals surface area contributed by atoms with Crippen molar-refractivity contribution in [1.29, 1.82) is 0 Å². The minimum atomic E-state index is -0.779. The summed E-state index contributed by atoms with van der Waals surface area (Å²) in [5.74, 6) is -1.26. The van der Waals surface area contributed by atoms with Gasteiger partial charge in [0, 0.05) is 31.6 Å². The molecule has 0 unspecified atom stereocenters. The molecule has 2 aliphatic heterocycles. The number of nitro groups is 1. The van der Waals surface area contributed by atoms with E-state index < -0.39 is 23.4 Å². The Morgan fingerprint density at radius 1 is 0.902 bits per heavy atom. The summed E-state index contributed by atoms with van der Waals surface area (Å²) in [7, 11) is 0. The Balaban J connectivity index is 1.25. The van der Waals surface area contributed by atoms with Gasteiger partial charge in [-0.2, -0.15) is 5.10 Å². The molecule has 1 saturated heterocycles. The van der Waals surface area contributed by atoms with Crippen LogP contribution in [0.4, 0.5) is 11.4 Å². The van der Waals surface area contributed by atoms with E-state index in [1.165, 1.54) is 17.1 Å². The van der Waals surface area contributed by atoms with Gasteiger partial charge in [-0.15, -0.1) is 0 Å². The number of benzene rings is 4. The molecule has 0 saturated carbocycles. The lowest BCUT2D eigenvalue weighted by molar-refractivity contribution is -0.384. The van der Waals surface area contributed by atoms with Crippen LogP contribution in [0.3, 0.4) is 0 Å². The van der Waals surface area contributed by atoms with E-state index in [4.69, 9.17) is 9.84 Å². The second-order valence-corrected chi connectivity index (χ2v) is 10.2. The first kappa shape index (κ1) is 26.2. The Hall–Kier alpha value is -5.05. The second kappa shape index (κ2) is 11.2. The Morgan fingerprint density at radius 3 is 2.39 bits per heavy atom. The van der Waals surface area contributed by atoms with Gasteiger partial charge in [0.2, 0.25) is 0 Å². The van der Waals surface area contributed by atoms with Gasteiger partial charge >= 0.3 is 5.97 Å². The molecule has 2 aliphatic rings. The van der Waals surface area contributed by atoms with Crippen molar-refractivity contribution in [2.24, 2.45) is 5.10 Å². The van der Waals surface area contributed by atoms with Crippen molar-refractivity contribution < 1.29 is 19.2 Å². The first-order valence-electron chi connectivity index (χ1n) is 13.6. The smallest absolute Gasteiger partial charge is 0.341 e. The number of fused-ring (bicyclic) bond motifs is 1. The molecule has 1 atom stereocenters. The highest BCUT2D eigenvalue weighted by Gasteiger charge is 2.34. The van der Waals surface area contributed by atoms with Crippen molar-refractivity contribution in [2.75, 3.05) is 24.6 Å². The number of anilines is 1. The van der Waals surface area contributed by atoms with Gasteiger partial charge in [0.15, 0.2) is 6.61 Å². The molecule has 1 amide bonds. The first-order valence-corrected chi connectivity index (χ1v) is 13.6. The molecule has 2 heterocycles. The number of amides is 1. The number of carbonyl (C=O) groups excluding carboxylic acids is 2. The van der Waals surface area contributed by atoms with E-state index in [0.29, 0.717) is 12.1 Å². The maximum atomic E-state index is 13.5. The number of ether oxygens (including phenoxy) is 1. The third-order valence-electron chi connectivity index (χ3n) is 7.62. The average molecular weight is 549 g/mol. The minimum Gasteiger partial charge on any atom is -0.452 e. The highest BCUT2D eigenvalue weighted by Crippen LogP contribution is 2.34. The van der Waals surface area contributed by atoms with E-state index in [2.05, 4.69) is 6.07 Å². The van der Waals surface area contributed by atoms with Crippen LogP contribution in [0.15, 0.2) is 96.1 Å². The van der Waals surface area contributed by atoms with Crippen molar-refractivity contribution in [3.63, 3.8) is 0 Å². The molecule has 0 aromatic heterocycles. The van der Waals surface area contributed by atoms with Crippen LogP contribution in [0.25, 0.3) is 10.8 Å². The Bertz CT molecular complexity index is 1660. The zero-order chi connectivity index (χ0) is 28.3. The van der Waals surface area contributed by atoms with Gasteiger partial charge in [-0.05, 0) is 46.9 Å². The molecule has 1 fully saturated rings. The van der Waals surface area contributed by atoms with E-state index in [1.54, 1.807) is 6.07 Å². The fourth-order valence-electron chi connectivity index (χ4n) is 5.52. The molecule has 6 rings (SSSR count). The topological polar surface area (TPSA) is 105 Å². The largest absolute Gasteiger partial charge is 0.452 e. The lowest BCUT2D eigenvalue weighted by Crippen LogP contribution is -2.31. The molecule has 0 bridgehead atoms. The normalized spacial score (nSPS) is 16.6. The Morgan fingerprint density at radius 2 is 1.63 bits per heavy atom. The molecule has 206 valence electrons. The van der Waals surface area contributed by atoms with Gasteiger partial charge in [-0.1, -0.05) is 66.7 Å². The zero-order valence-corrected chi connectivity index (χ0v) is 22.3. The number of rotatable bonds is 7. The van der Waals surface area contributed by atoms with Gasteiger partial charge in [0.05, 0.1) is 27.9 Å². The molecule has 9 nitrogen and oxygen atoms in total. The van der Waals surface area contributed by atoms with Crippen LogP contribution < -0.4 is 4.90 Å². The summed E-state index contributed by atoms with van der Waals surface area (Å²) in [5.41, 5.74) is 3.05. The van der Waals surface area contributed by atoms with Gasteiger partial charge in [0.25, 0.3) is 11.6 Å². The summed E-state index contributed by atoms with van der Waals surface area (Å²) in [6.07, 6.45) is 2.45. The predicted octanol–water partition coefficient (Wildman–Crippen LogP) is 5.88. The van der Waals surface area contributed by atoms with Crippen LogP contribution in [0.1, 0.15) is 46.8 Å². The maximum absolute atomic E-state index is 13.5. The summed E-state index contributed by atoms with van der Waals surface area (Å²) in [6, 6.07) is 27.6. The van der Waals surface area contributed by atoms with Crippen molar-refractivity contribution in [2.45, 2.75) is 25.3 Å². The van der Waals surface area contributed by atoms with Gasteiger partial charge in [-0.3, -0.25) is 14.9 Å². The summed E-state index contributed by atoms with van der Waals surface area (Å²) in [4.78, 5) is 39.6. The van der Waals surface area contributed by atoms with Crippen molar-refractivity contribution >= 4 is 39.7 Å². The quantitative estimate of drug-likeness (QED) is 0.162. The molecule has 0 spiro atoms. The number of non-ortho nitro benzene ring substituents is 1. The highest BCUT2D eigenvalue weighted by atomic mass is 16.6. The summed E-state index contributed by atoms with van der Waals surface area (Å²) < 4.78 is 5.47. The third kappa shape index (κ3) is 5.38. The predicted molar refractivity (Wildman–Crippen MR) is 156 cm³/mol. The zero-order valence-electron chi connectivity index (χ0n) is 22.3. The fraction of sp³-hybridized carbons (Fsp3) is 0.219. The summed E-state index contributed by atoms with van der Waals surface area (Å²) >= 11 is 0. The number of nitro benzene ring substituents is 1. The molecule has 41 heavy (non-hydrogen) atoms. The fourth-order valence-corrected chi connectivity index (χ4v) is 5.52. The van der Waals surface area contributed by atoms with Crippen LogP contribution in [0.5, 0.6) is 0 Å². The van der Waals surface area contributed by atoms with Crippen molar-refractivity contribution in [1.82, 2.24) is 5.01 Å². The number of hydrazone groups is 1. The summed E-state index contributed by atoms with van der Waals surface area (Å²) in [6.45, 7) is 0.949. The van der Waals surface area contributed by atoms with E-state index in [1.807, 2.05) is 71.6 Å². The maximum Gasteiger partial charge on any atom is 0.341 e. The molecular weight excluding hydrogens is 520 g/mol. The third-order valence-corrected chi connectivity index (χ3v) is 7.62. The van der Waals surface area contributed by atoms with Crippen LogP contribution in [-0.4, -0.2) is 47.2 Å². The van der Waals surface area contributed by atoms with E-state index >= 15 is 0 Å². The first-order chi connectivity index (χ1) is 20.0. The molecule has 9 heteroatoms. The SMILES string of the molecule is O=C(OCC(=O)N1N=C(c2ccc3ccccc3c2)C[C@@H]1c1ccccc1)c1cc([N+](=O)[O-])ccc1N1CCCC1. The number of carbonyl (C=O) groups is 2. The van der Waals surface area contributed by atoms with E-state index in [0.717, 1.165) is 53.5 Å². The average Bonchev–Trinajstić information content (AvgIpc) is 3.71. The molecule has 0 radical (unpaired) electrons. The number of esters is 1. The van der Waals surface area contributed by atoms with Crippen LogP contribution >= 0.6 is 0 Å². The molecule has 0 aliphatic carbocycles. The Labute approximate surface area is 236 Å². The Kier molecular flexibility index (Phi) is 7.16. The molecule has 4 aromatic rings. The lowest BCUT2D eigenvalue weighted by Gasteiger charge is -2.23. The number of hydrogen-bond donors (Lipinski definition) is 0. The highest BCUT2D eigenvalue weighted by molar-refractivity contribution is 6.06. The molecule has 4 aromatic carbocycles. The standard InChI is InChI=1S/C32H28N4O5/c37-31(21-41-32(38)27-19-26(36(39)40)14-15-29(27)34-16-6-7-17-34)35-30(23-9-2-1-3-10-23)20-28(33-35)25-13-12-22-8-4-5-11-24(22)18-25/h1-5,8-15,18-19,30H,6-7,16-17,20-21H2/t30-/m1/s1. The van der Waals surface area contributed by atoms with Crippen LogP contribution in [0, 0.1) is 10.1 Å². The monoisotopic (exact) mass is 548 g/mol. The minimum absolute atomic E-state index is 0.0790. The number of hydrogen-bond acceptors (Lipinski definition) is 7. The second-order valence-electron chi connectivity index (χ2n) is 10.2. The molecular formula is C32H28N4O5. The van der Waals surface area contributed by atoms with Crippen molar-refractivity contribution in [3.8, 4) is 0 Å². The van der Waals surface area contributed by atoms with Gasteiger partial charge in [0.1, 0.15) is 0 Å². The van der Waals surface area contributed by atoms with Crippen LogP contribution in [0.2, 0.25) is 0 Å². The molecule has 0 N–H and O–H groups in total. The van der Waals surface area contributed by atoms with E-state index in [-0.39, 0.29) is 17.3 Å². The van der Waals surface area contributed by atoms with Gasteiger partial charge < -0.3 is 9.64 Å². The number of nitrogens with zero attached hydrogens (tertiary/aromatic N) is 4. The summed E-state index contributed by atoms with van der Waals surface area (Å²) in [5, 5.41) is 19.7. The lowest BCUT2D eigenvalue weighted by atomic mass is 9.97. The van der Waals surface area contributed by atoms with Crippen molar-refractivity contribution in [3.05, 3.63) is 118 Å². The van der Waals surface area contributed by atoms with Gasteiger partial charge in [-0.25, -0.2) is 9.80 Å².